The molecule has 3 heterocycles. The Balaban J connectivity index is 1.44. The van der Waals surface area contributed by atoms with Crippen molar-refractivity contribution in [2.24, 2.45) is 5.10 Å². The maximum Gasteiger partial charge on any atom is 0.287 e. The second kappa shape index (κ2) is 8.80. The Morgan fingerprint density at radius 3 is 2.65 bits per heavy atom. The van der Waals surface area contributed by atoms with Gasteiger partial charge in [0.05, 0.1) is 18.3 Å². The minimum atomic E-state index is -0.585. The highest BCUT2D eigenvalue weighted by Gasteiger charge is 2.15. The molecule has 0 amide bonds. The van der Waals surface area contributed by atoms with Crippen LogP contribution >= 0.6 is 11.6 Å². The van der Waals surface area contributed by atoms with Gasteiger partial charge in [-0.3, -0.25) is 24.9 Å². The predicted molar refractivity (Wildman–Crippen MR) is 133 cm³/mol. The van der Waals surface area contributed by atoms with Gasteiger partial charge in [0.2, 0.25) is 5.43 Å². The third-order valence-electron chi connectivity index (χ3n) is 5.26. The van der Waals surface area contributed by atoms with E-state index < -0.39 is 16.5 Å². The van der Waals surface area contributed by atoms with E-state index in [1.807, 2.05) is 36.4 Å². The van der Waals surface area contributed by atoms with Crippen molar-refractivity contribution in [2.45, 2.75) is 6.54 Å². The molecule has 0 aliphatic heterocycles. The third kappa shape index (κ3) is 4.12. The van der Waals surface area contributed by atoms with Crippen molar-refractivity contribution in [2.75, 3.05) is 5.43 Å². The van der Waals surface area contributed by atoms with Crippen LogP contribution in [-0.2, 0) is 6.54 Å². The fraction of sp³-hybridized carbons (Fsp3) is 0.0417. The molecule has 0 unspecified atom stereocenters. The van der Waals surface area contributed by atoms with E-state index in [1.165, 1.54) is 6.07 Å². The molecule has 0 radical (unpaired) electrons. The van der Waals surface area contributed by atoms with E-state index in [0.29, 0.717) is 16.4 Å². The summed E-state index contributed by atoms with van der Waals surface area (Å²) in [5.41, 5.74) is 3.06. The highest BCUT2D eigenvalue weighted by atomic mass is 35.5. The second-order valence-electron chi connectivity index (χ2n) is 7.55. The van der Waals surface area contributed by atoms with Crippen molar-refractivity contribution in [3.05, 3.63) is 114 Å². The Morgan fingerprint density at radius 1 is 1.06 bits per heavy atom. The van der Waals surface area contributed by atoms with Crippen molar-refractivity contribution in [1.29, 1.82) is 0 Å². The number of benzene rings is 2. The van der Waals surface area contributed by atoms with Crippen LogP contribution in [0.15, 0.2) is 86.3 Å². The lowest BCUT2D eigenvalue weighted by Gasteiger charge is -2.08. The van der Waals surface area contributed by atoms with E-state index in [-0.39, 0.29) is 22.8 Å². The molecular weight excluding hydrogens is 456 g/mol. The number of aromatic nitrogens is 4. The number of pyridine rings is 2. The van der Waals surface area contributed by atoms with Crippen molar-refractivity contribution in [1.82, 2.24) is 19.7 Å². The molecule has 9 nitrogen and oxygen atoms in total. The number of nitrogens with one attached hydrogen (secondary N) is 3. The average molecular weight is 473 g/mol. The lowest BCUT2D eigenvalue weighted by Crippen LogP contribution is -2.34. The van der Waals surface area contributed by atoms with Gasteiger partial charge in [-0.1, -0.05) is 41.9 Å². The molecule has 0 atom stereocenters. The molecule has 34 heavy (non-hydrogen) atoms. The molecule has 10 heteroatoms. The number of halogens is 1. The number of hydrogen-bond acceptors (Lipinski definition) is 6. The smallest absolute Gasteiger partial charge is 0.287 e. The van der Waals surface area contributed by atoms with Crippen LogP contribution in [0.4, 0.5) is 5.82 Å². The van der Waals surface area contributed by atoms with Crippen LogP contribution < -0.4 is 22.0 Å². The van der Waals surface area contributed by atoms with Crippen LogP contribution in [0.1, 0.15) is 11.1 Å². The van der Waals surface area contributed by atoms with Crippen LogP contribution in [0.2, 0.25) is 5.02 Å². The number of anilines is 1. The molecule has 2 aromatic carbocycles. The Morgan fingerprint density at radius 2 is 1.88 bits per heavy atom. The fourth-order valence-electron chi connectivity index (χ4n) is 3.61. The summed E-state index contributed by atoms with van der Waals surface area (Å²) in [4.78, 5) is 45.7. The summed E-state index contributed by atoms with van der Waals surface area (Å²) in [5, 5.41) is 7.19. The zero-order valence-corrected chi connectivity index (χ0v) is 18.3. The van der Waals surface area contributed by atoms with E-state index in [2.05, 4.69) is 25.6 Å². The molecule has 3 N–H and O–H groups in total. The Bertz CT molecular complexity index is 1720. The number of nitrogens with zero attached hydrogens (tertiary/aromatic N) is 3. The van der Waals surface area contributed by atoms with E-state index in [4.69, 9.17) is 11.6 Å². The first-order valence-electron chi connectivity index (χ1n) is 10.3. The van der Waals surface area contributed by atoms with Crippen LogP contribution in [0.25, 0.3) is 21.8 Å². The second-order valence-corrected chi connectivity index (χ2v) is 7.99. The van der Waals surface area contributed by atoms with Crippen LogP contribution in [0.3, 0.4) is 0 Å². The number of rotatable bonds is 5. The van der Waals surface area contributed by atoms with E-state index in [9.17, 15) is 14.4 Å². The van der Waals surface area contributed by atoms with Crippen LogP contribution in [0, 0.1) is 0 Å². The zero-order valence-electron chi connectivity index (χ0n) is 17.6. The molecule has 0 saturated heterocycles. The summed E-state index contributed by atoms with van der Waals surface area (Å²) in [6.45, 7) is 0.0890. The quantitative estimate of drug-likeness (QED) is 0.206. The van der Waals surface area contributed by atoms with Gasteiger partial charge in [-0.05, 0) is 41.5 Å². The Kier molecular flexibility index (Phi) is 5.52. The molecule has 0 fully saturated rings. The lowest BCUT2D eigenvalue weighted by molar-refractivity contribution is 0.636. The van der Waals surface area contributed by atoms with Crippen LogP contribution in [0.5, 0.6) is 0 Å². The molecule has 5 aromatic rings. The van der Waals surface area contributed by atoms with Gasteiger partial charge < -0.3 is 4.98 Å². The molecule has 3 aromatic heterocycles. The lowest BCUT2D eigenvalue weighted by atomic mass is 10.1. The molecule has 0 aliphatic rings. The molecule has 0 bridgehead atoms. The third-order valence-corrected chi connectivity index (χ3v) is 5.50. The first-order valence-corrected chi connectivity index (χ1v) is 10.6. The molecule has 168 valence electrons. The summed E-state index contributed by atoms with van der Waals surface area (Å²) in [7, 11) is 0. The monoisotopic (exact) mass is 472 g/mol. The zero-order chi connectivity index (χ0) is 23.7. The normalized spacial score (nSPS) is 11.4. The summed E-state index contributed by atoms with van der Waals surface area (Å²) >= 11 is 5.99. The highest BCUT2D eigenvalue weighted by molar-refractivity contribution is 6.31. The molecule has 0 aliphatic carbocycles. The summed E-state index contributed by atoms with van der Waals surface area (Å²) in [6.07, 6.45) is 3.30. The first kappa shape index (κ1) is 21.4. The minimum Gasteiger partial charge on any atom is -0.350 e. The van der Waals surface area contributed by atoms with Crippen LogP contribution in [-0.4, -0.2) is 26.0 Å². The summed E-state index contributed by atoms with van der Waals surface area (Å²) in [5.74, 6) is 0.626. The maximum absolute atomic E-state index is 13.1. The highest BCUT2D eigenvalue weighted by Crippen LogP contribution is 2.16. The van der Waals surface area contributed by atoms with Crippen molar-refractivity contribution in [3.63, 3.8) is 0 Å². The van der Waals surface area contributed by atoms with Gasteiger partial charge in [-0.2, -0.15) is 5.10 Å². The molecular formula is C24H17ClN6O3. The predicted octanol–water partition coefficient (Wildman–Crippen LogP) is 3.07. The Labute approximate surface area is 196 Å². The van der Waals surface area contributed by atoms with E-state index in [0.717, 1.165) is 15.8 Å². The van der Waals surface area contributed by atoms with Crippen molar-refractivity contribution in [3.8, 4) is 0 Å². The summed E-state index contributed by atoms with van der Waals surface area (Å²) < 4.78 is 1.13. The van der Waals surface area contributed by atoms with E-state index in [1.54, 1.807) is 30.6 Å². The number of aromatic amines is 2. The number of hydrogen-bond donors (Lipinski definition) is 3. The van der Waals surface area contributed by atoms with Gasteiger partial charge >= 0.3 is 0 Å². The average Bonchev–Trinajstić information content (AvgIpc) is 2.84. The number of fused-ring (bicyclic) bond motifs is 2. The largest absolute Gasteiger partial charge is 0.350 e. The van der Waals surface area contributed by atoms with Gasteiger partial charge in [-0.25, -0.2) is 9.67 Å². The number of H-pyrrole nitrogens is 2. The minimum absolute atomic E-state index is 0.0759. The van der Waals surface area contributed by atoms with E-state index >= 15 is 0 Å². The Hall–Kier alpha value is -4.50. The summed E-state index contributed by atoms with van der Waals surface area (Å²) in [6, 6.07) is 17.4. The first-order chi connectivity index (χ1) is 16.5. The topological polar surface area (TPSA) is 125 Å². The molecule has 0 spiro atoms. The molecule has 0 saturated carbocycles. The number of hydrazone groups is 1. The van der Waals surface area contributed by atoms with Gasteiger partial charge in [-0.15, -0.1) is 0 Å². The van der Waals surface area contributed by atoms with Gasteiger partial charge in [0.25, 0.3) is 11.1 Å². The fourth-order valence-corrected chi connectivity index (χ4v) is 3.78. The van der Waals surface area contributed by atoms with Gasteiger partial charge in [0.15, 0.2) is 0 Å². The maximum atomic E-state index is 13.1. The molecule has 5 rings (SSSR count). The van der Waals surface area contributed by atoms with Gasteiger partial charge in [0.1, 0.15) is 16.7 Å². The SMILES string of the molecule is O=c1[nH]n(Cc2ccc(C=NNc3ccccn3)cc2)c(=O)c2c(=O)c3ccc(Cl)cc3[nH]c12. The van der Waals surface area contributed by atoms with Crippen molar-refractivity contribution < 1.29 is 0 Å². The standard InChI is InChI=1S/C24H17ClN6O3/c25-16-8-9-17-18(11-16)28-21-20(22(17)32)24(34)31(30-23(21)33)13-15-6-4-14(5-7-15)12-27-29-19-3-1-2-10-26-19/h1-12H,13H2,(H,26,29)(H,28,32)(H,30,33). The van der Waals surface area contributed by atoms with Gasteiger partial charge in [0, 0.05) is 16.6 Å². The van der Waals surface area contributed by atoms with Crippen molar-refractivity contribution >= 4 is 45.4 Å².